The topological polar surface area (TPSA) is 134 Å². The molecule has 3 aromatic rings. The summed E-state index contributed by atoms with van der Waals surface area (Å²) >= 11 is 1.43. The van der Waals surface area contributed by atoms with Crippen LogP contribution in [0.15, 0.2) is 72.4 Å². The zero-order chi connectivity index (χ0) is 33.3. The highest BCUT2D eigenvalue weighted by Gasteiger charge is 2.26. The molecule has 2 aromatic carbocycles. The maximum atomic E-state index is 13.9. The number of alkyl carbamates (subject to hydrolysis) is 1. The van der Waals surface area contributed by atoms with E-state index >= 15 is 0 Å². The average Bonchev–Trinajstić information content (AvgIpc) is 3.59. The van der Waals surface area contributed by atoms with Crippen LogP contribution >= 0.6 is 11.3 Å². The number of thiazole rings is 1. The first-order chi connectivity index (χ1) is 22.8. The Bertz CT molecular complexity index is 1340. The number of hydrogen-bond donors (Lipinski definition) is 4. The van der Waals surface area contributed by atoms with E-state index in [1.54, 1.807) is 11.7 Å². The summed E-state index contributed by atoms with van der Waals surface area (Å²) in [5, 5.41) is 12.1. The monoisotopic (exact) mass is 664 g/mol. The summed E-state index contributed by atoms with van der Waals surface area (Å²) in [5.41, 5.74) is 3.88. The molecule has 11 nitrogen and oxygen atoms in total. The van der Waals surface area contributed by atoms with Crippen molar-refractivity contribution >= 4 is 29.4 Å². The van der Waals surface area contributed by atoms with E-state index in [4.69, 9.17) is 9.47 Å². The van der Waals surface area contributed by atoms with Crippen molar-refractivity contribution in [2.75, 3.05) is 32.8 Å². The van der Waals surface area contributed by atoms with Gasteiger partial charge >= 0.3 is 12.1 Å². The second-order valence-corrected chi connectivity index (χ2v) is 13.1. The van der Waals surface area contributed by atoms with Gasteiger partial charge in [0.1, 0.15) is 12.6 Å². The van der Waals surface area contributed by atoms with E-state index in [2.05, 4.69) is 31.2 Å². The van der Waals surface area contributed by atoms with Gasteiger partial charge in [0.15, 0.2) is 0 Å². The number of rotatable bonds is 17. The van der Waals surface area contributed by atoms with E-state index in [0.29, 0.717) is 51.9 Å². The molecule has 1 aliphatic heterocycles. The Hall–Kier alpha value is -4.00. The molecule has 1 fully saturated rings. The Morgan fingerprint density at radius 2 is 1.47 bits per heavy atom. The lowest BCUT2D eigenvalue weighted by Gasteiger charge is -2.29. The molecule has 4 rings (SSSR count). The second kappa shape index (κ2) is 19.6. The van der Waals surface area contributed by atoms with Gasteiger partial charge in [0.05, 0.1) is 23.6 Å². The van der Waals surface area contributed by atoms with Gasteiger partial charge in [-0.2, -0.15) is 0 Å². The van der Waals surface area contributed by atoms with E-state index in [9.17, 15) is 14.4 Å². The molecule has 2 heterocycles. The second-order valence-electron chi connectivity index (χ2n) is 12.1. The van der Waals surface area contributed by atoms with Gasteiger partial charge in [-0.1, -0.05) is 60.7 Å². The Balaban J connectivity index is 1.45. The van der Waals surface area contributed by atoms with Gasteiger partial charge in [-0.15, -0.1) is 11.3 Å². The Morgan fingerprint density at radius 1 is 0.851 bits per heavy atom. The predicted octanol–water partition coefficient (Wildman–Crippen LogP) is 4.29. The van der Waals surface area contributed by atoms with Crippen molar-refractivity contribution in [3.8, 4) is 0 Å². The SMILES string of the molecule is CC(C)NC(=O)NC(CCN1CCOCC1)C(=O)NC(CCC(Cc1ccccc1)NC(=O)OCc1cncs1)Cc1ccccc1. The molecule has 1 saturated heterocycles. The minimum absolute atomic E-state index is 0.0634. The summed E-state index contributed by atoms with van der Waals surface area (Å²) in [7, 11) is 0. The normalized spacial score (nSPS) is 15.3. The smallest absolute Gasteiger partial charge is 0.407 e. The molecule has 0 radical (unpaired) electrons. The highest BCUT2D eigenvalue weighted by Crippen LogP contribution is 2.15. The lowest BCUT2D eigenvalue weighted by molar-refractivity contribution is -0.124. The van der Waals surface area contributed by atoms with Crippen LogP contribution in [-0.4, -0.2) is 84.9 Å². The summed E-state index contributed by atoms with van der Waals surface area (Å²) in [6, 6.07) is 18.4. The number of aromatic nitrogens is 1. The molecule has 1 aromatic heterocycles. The molecular formula is C35H48N6O5S. The fourth-order valence-electron chi connectivity index (χ4n) is 5.48. The maximum Gasteiger partial charge on any atom is 0.407 e. The first-order valence-corrected chi connectivity index (χ1v) is 17.3. The van der Waals surface area contributed by atoms with Gasteiger partial charge < -0.3 is 30.7 Å². The van der Waals surface area contributed by atoms with Gasteiger partial charge in [0.25, 0.3) is 0 Å². The van der Waals surface area contributed by atoms with Crippen LogP contribution in [0.4, 0.5) is 9.59 Å². The van der Waals surface area contributed by atoms with Crippen LogP contribution in [0.25, 0.3) is 0 Å². The lowest BCUT2D eigenvalue weighted by atomic mass is 9.95. The number of urea groups is 1. The molecule has 1 aliphatic rings. The summed E-state index contributed by atoms with van der Waals surface area (Å²) < 4.78 is 11.0. The van der Waals surface area contributed by atoms with Crippen molar-refractivity contribution < 1.29 is 23.9 Å². The molecule has 4 amide bonds. The standard InChI is InChI=1S/C35H48N6O5S/c1-26(2)37-34(43)40-32(15-16-41-17-19-45-20-18-41)33(42)38-29(21-27-9-5-3-6-10-27)13-14-30(22-28-11-7-4-8-12-28)39-35(44)46-24-31-23-36-25-47-31/h3-12,23,25-26,29-30,32H,13-22,24H2,1-2H3,(H,38,42)(H,39,44)(H2,37,40,43). The number of carbonyl (C=O) groups is 3. The summed E-state index contributed by atoms with van der Waals surface area (Å²) in [5.74, 6) is -0.227. The molecule has 0 spiro atoms. The fourth-order valence-corrected chi connectivity index (χ4v) is 5.98. The highest BCUT2D eigenvalue weighted by molar-refractivity contribution is 7.09. The highest BCUT2D eigenvalue weighted by atomic mass is 32.1. The van der Waals surface area contributed by atoms with Crippen LogP contribution in [0.3, 0.4) is 0 Å². The van der Waals surface area contributed by atoms with Crippen LogP contribution < -0.4 is 21.3 Å². The van der Waals surface area contributed by atoms with Crippen molar-refractivity contribution in [1.82, 2.24) is 31.2 Å². The Labute approximate surface area is 281 Å². The first kappa shape index (κ1) is 35.8. The lowest BCUT2D eigenvalue weighted by Crippen LogP contribution is -2.54. The molecular weight excluding hydrogens is 616 g/mol. The van der Waals surface area contributed by atoms with Gasteiger partial charge in [0.2, 0.25) is 5.91 Å². The zero-order valence-electron chi connectivity index (χ0n) is 27.4. The van der Waals surface area contributed by atoms with Crippen LogP contribution in [-0.2, 0) is 33.7 Å². The van der Waals surface area contributed by atoms with Crippen molar-refractivity contribution in [3.63, 3.8) is 0 Å². The Kier molecular flexibility index (Phi) is 15.0. The van der Waals surface area contributed by atoms with E-state index < -0.39 is 12.1 Å². The van der Waals surface area contributed by atoms with Gasteiger partial charge in [-0.05, 0) is 57.1 Å². The van der Waals surface area contributed by atoms with Crippen LogP contribution in [0.1, 0.15) is 49.1 Å². The molecule has 4 N–H and O–H groups in total. The zero-order valence-corrected chi connectivity index (χ0v) is 28.2. The maximum absolute atomic E-state index is 13.9. The molecule has 12 heteroatoms. The van der Waals surface area contributed by atoms with E-state index in [1.165, 1.54) is 11.3 Å². The summed E-state index contributed by atoms with van der Waals surface area (Å²) in [6.07, 6.45) is 4.08. The average molecular weight is 665 g/mol. The Morgan fingerprint density at radius 3 is 2.04 bits per heavy atom. The molecule has 0 saturated carbocycles. The third kappa shape index (κ3) is 13.7. The number of carbonyl (C=O) groups excluding carboxylic acids is 3. The van der Waals surface area contributed by atoms with Crippen molar-refractivity contribution in [3.05, 3.63) is 88.4 Å². The third-order valence-electron chi connectivity index (χ3n) is 7.89. The number of nitrogens with zero attached hydrogens (tertiary/aromatic N) is 2. The largest absolute Gasteiger partial charge is 0.444 e. The molecule has 47 heavy (non-hydrogen) atoms. The molecule has 3 unspecified atom stereocenters. The quantitative estimate of drug-likeness (QED) is 0.169. The van der Waals surface area contributed by atoms with Crippen molar-refractivity contribution in [2.45, 2.75) is 76.7 Å². The number of hydrogen-bond acceptors (Lipinski definition) is 8. The summed E-state index contributed by atoms with van der Waals surface area (Å²) in [4.78, 5) is 46.6. The summed E-state index contributed by atoms with van der Waals surface area (Å²) in [6.45, 7) is 7.50. The number of morpholine rings is 1. The van der Waals surface area contributed by atoms with E-state index in [1.807, 2.05) is 74.5 Å². The van der Waals surface area contributed by atoms with E-state index in [-0.39, 0.29) is 36.7 Å². The van der Waals surface area contributed by atoms with Crippen LogP contribution in [0, 0.1) is 0 Å². The number of nitrogens with one attached hydrogen (secondary N) is 4. The van der Waals surface area contributed by atoms with Crippen molar-refractivity contribution in [2.24, 2.45) is 0 Å². The first-order valence-electron chi connectivity index (χ1n) is 16.4. The molecule has 3 atom stereocenters. The third-order valence-corrected chi connectivity index (χ3v) is 8.64. The van der Waals surface area contributed by atoms with Crippen LogP contribution in [0.5, 0.6) is 0 Å². The van der Waals surface area contributed by atoms with Gasteiger partial charge in [-0.3, -0.25) is 14.7 Å². The van der Waals surface area contributed by atoms with Crippen molar-refractivity contribution in [1.29, 1.82) is 0 Å². The predicted molar refractivity (Wildman–Crippen MR) is 183 cm³/mol. The fraction of sp³-hybridized carbons (Fsp3) is 0.486. The number of benzene rings is 2. The number of ether oxygens (including phenoxy) is 2. The minimum Gasteiger partial charge on any atom is -0.444 e. The number of amides is 4. The van der Waals surface area contributed by atoms with Crippen LogP contribution in [0.2, 0.25) is 0 Å². The van der Waals surface area contributed by atoms with E-state index in [0.717, 1.165) is 29.1 Å². The molecule has 0 bridgehead atoms. The van der Waals surface area contributed by atoms with Gasteiger partial charge in [-0.25, -0.2) is 9.59 Å². The van der Waals surface area contributed by atoms with Gasteiger partial charge in [0, 0.05) is 44.0 Å². The molecule has 0 aliphatic carbocycles. The minimum atomic E-state index is -0.713. The molecule has 254 valence electrons.